The molecule has 2 aliphatic rings. The molecular formula is C24H18F4N4O3. The summed E-state index contributed by atoms with van der Waals surface area (Å²) in [5.41, 5.74) is 0.452. The highest BCUT2D eigenvalue weighted by Crippen LogP contribution is 2.41. The van der Waals surface area contributed by atoms with Gasteiger partial charge in [0.05, 0.1) is 23.3 Å². The Hall–Kier alpha value is -4.02. The molecular weight excluding hydrogens is 468 g/mol. The third kappa shape index (κ3) is 3.86. The van der Waals surface area contributed by atoms with Crippen LogP contribution in [0.3, 0.4) is 0 Å². The van der Waals surface area contributed by atoms with Crippen LogP contribution in [0.2, 0.25) is 0 Å². The van der Waals surface area contributed by atoms with Crippen molar-refractivity contribution in [2.75, 3.05) is 0 Å². The maximum Gasteiger partial charge on any atom is 0.417 e. The first-order valence-corrected chi connectivity index (χ1v) is 10.7. The first kappa shape index (κ1) is 22.8. The molecule has 1 atom stereocenters. The molecule has 35 heavy (non-hydrogen) atoms. The molecule has 180 valence electrons. The first-order valence-electron chi connectivity index (χ1n) is 10.7. The second kappa shape index (κ2) is 8.03. The van der Waals surface area contributed by atoms with Crippen LogP contribution in [0.5, 0.6) is 0 Å². The van der Waals surface area contributed by atoms with Crippen molar-refractivity contribution >= 4 is 17.7 Å². The van der Waals surface area contributed by atoms with Crippen LogP contribution in [0.1, 0.15) is 34.3 Å². The number of hydrogen-bond donors (Lipinski definition) is 1. The van der Waals surface area contributed by atoms with Crippen LogP contribution in [-0.2, 0) is 29.4 Å². The third-order valence-corrected chi connectivity index (χ3v) is 6.28. The number of imide groups is 1. The number of benzene rings is 2. The smallest absolute Gasteiger partial charge is 0.333 e. The Bertz CT molecular complexity index is 1400. The number of nitrogens with one attached hydrogen (secondary N) is 1. The minimum Gasteiger partial charge on any atom is -0.333 e. The van der Waals surface area contributed by atoms with E-state index in [1.807, 2.05) is 0 Å². The van der Waals surface area contributed by atoms with E-state index in [0.29, 0.717) is 22.8 Å². The minimum atomic E-state index is -4.79. The van der Waals surface area contributed by atoms with E-state index in [9.17, 15) is 31.9 Å². The highest BCUT2D eigenvalue weighted by atomic mass is 19.4. The molecule has 2 aliphatic heterocycles. The summed E-state index contributed by atoms with van der Waals surface area (Å²) in [6.45, 7) is 0.112. The van der Waals surface area contributed by atoms with Crippen LogP contribution in [0.15, 0.2) is 42.7 Å². The zero-order valence-corrected chi connectivity index (χ0v) is 18.3. The van der Waals surface area contributed by atoms with Crippen molar-refractivity contribution in [1.29, 1.82) is 0 Å². The lowest BCUT2D eigenvalue weighted by atomic mass is 9.97. The van der Waals surface area contributed by atoms with Crippen molar-refractivity contribution in [1.82, 2.24) is 19.8 Å². The highest BCUT2D eigenvalue weighted by molar-refractivity contribution is 6.05. The van der Waals surface area contributed by atoms with Gasteiger partial charge < -0.3 is 9.47 Å². The third-order valence-electron chi connectivity index (χ3n) is 6.28. The summed E-state index contributed by atoms with van der Waals surface area (Å²) in [5, 5.41) is 2.24. The average molecular weight is 486 g/mol. The molecule has 7 nitrogen and oxygen atoms in total. The van der Waals surface area contributed by atoms with E-state index in [-0.39, 0.29) is 48.2 Å². The molecule has 5 rings (SSSR count). The molecule has 0 aliphatic carbocycles. The van der Waals surface area contributed by atoms with Gasteiger partial charge in [-0.25, -0.2) is 9.37 Å². The molecule has 3 aromatic rings. The lowest BCUT2D eigenvalue weighted by Crippen LogP contribution is -2.52. The maximum absolute atomic E-state index is 13.7. The van der Waals surface area contributed by atoms with E-state index in [1.54, 1.807) is 18.2 Å². The van der Waals surface area contributed by atoms with Crippen LogP contribution in [-0.4, -0.2) is 38.2 Å². The number of amides is 3. The number of hydrogen-bond acceptors (Lipinski definition) is 4. The number of nitrogens with zero attached hydrogens (tertiary/aromatic N) is 3. The second-order valence-corrected chi connectivity index (χ2v) is 8.51. The second-order valence-electron chi connectivity index (χ2n) is 8.51. The van der Waals surface area contributed by atoms with Crippen molar-refractivity contribution in [3.63, 3.8) is 0 Å². The molecule has 2 aromatic carbocycles. The van der Waals surface area contributed by atoms with E-state index >= 15 is 0 Å². The lowest BCUT2D eigenvalue weighted by molar-refractivity contribution is -0.138. The van der Waals surface area contributed by atoms with Crippen LogP contribution in [0.25, 0.3) is 22.5 Å². The van der Waals surface area contributed by atoms with Crippen LogP contribution in [0, 0.1) is 5.82 Å². The van der Waals surface area contributed by atoms with Crippen LogP contribution < -0.4 is 5.32 Å². The van der Waals surface area contributed by atoms with Gasteiger partial charge in [-0.15, -0.1) is 0 Å². The standard InChI is InChI=1S/C24H18F4N4O3/c1-31-11-29-20(21(31)16-5-3-14(25)9-17(16)24(26,27)28)12-2-4-15-13(8-12)10-32(23(15)35)18-6-7-19(33)30-22(18)34/h2-5,8-9,11,18H,6-7,10H2,1H3,(H,30,33,34). The fraction of sp³-hybridized carbons (Fsp3) is 0.250. The zero-order valence-electron chi connectivity index (χ0n) is 18.3. The number of halogens is 4. The van der Waals surface area contributed by atoms with Crippen molar-refractivity contribution < 1.29 is 31.9 Å². The van der Waals surface area contributed by atoms with Crippen molar-refractivity contribution in [3.8, 4) is 22.5 Å². The Morgan fingerprint density at radius 1 is 1.06 bits per heavy atom. The fourth-order valence-corrected chi connectivity index (χ4v) is 4.64. The van der Waals surface area contributed by atoms with Gasteiger partial charge in [0, 0.05) is 36.7 Å². The van der Waals surface area contributed by atoms with Gasteiger partial charge in [-0.2, -0.15) is 13.2 Å². The molecule has 1 N–H and O–H groups in total. The Morgan fingerprint density at radius 2 is 1.80 bits per heavy atom. The number of fused-ring (bicyclic) bond motifs is 1. The van der Waals surface area contributed by atoms with E-state index < -0.39 is 29.5 Å². The van der Waals surface area contributed by atoms with E-state index in [2.05, 4.69) is 10.3 Å². The van der Waals surface area contributed by atoms with Crippen LogP contribution >= 0.6 is 0 Å². The van der Waals surface area contributed by atoms with E-state index in [0.717, 1.165) is 12.1 Å². The summed E-state index contributed by atoms with van der Waals surface area (Å²) in [6.07, 6.45) is -3.08. The van der Waals surface area contributed by atoms with Gasteiger partial charge in [0.15, 0.2) is 0 Å². The Balaban J connectivity index is 1.54. The highest BCUT2D eigenvalue weighted by Gasteiger charge is 2.39. The maximum atomic E-state index is 13.7. The van der Waals surface area contributed by atoms with E-state index in [4.69, 9.17) is 0 Å². The van der Waals surface area contributed by atoms with E-state index in [1.165, 1.54) is 22.8 Å². The number of aromatic nitrogens is 2. The fourth-order valence-electron chi connectivity index (χ4n) is 4.64. The number of alkyl halides is 3. The molecule has 1 unspecified atom stereocenters. The predicted molar refractivity (Wildman–Crippen MR) is 115 cm³/mol. The molecule has 11 heteroatoms. The average Bonchev–Trinajstić information content (AvgIpc) is 3.33. The topological polar surface area (TPSA) is 84.3 Å². The Kier molecular flexibility index (Phi) is 5.22. The SMILES string of the molecule is Cn1cnc(-c2ccc3c(c2)CN(C2CCC(=O)NC2=O)C3=O)c1-c1ccc(F)cc1C(F)(F)F. The van der Waals surface area contributed by atoms with Crippen molar-refractivity contribution in [2.45, 2.75) is 31.6 Å². The number of piperidine rings is 1. The van der Waals surface area contributed by atoms with Gasteiger partial charge in [0.2, 0.25) is 11.8 Å². The molecule has 0 spiro atoms. The monoisotopic (exact) mass is 486 g/mol. The zero-order chi connectivity index (χ0) is 25.1. The quantitative estimate of drug-likeness (QED) is 0.452. The van der Waals surface area contributed by atoms with Gasteiger partial charge in [0.1, 0.15) is 11.9 Å². The molecule has 1 fully saturated rings. The summed E-state index contributed by atoms with van der Waals surface area (Å²) in [6, 6.07) is 6.48. The molecule has 3 heterocycles. The van der Waals surface area contributed by atoms with Gasteiger partial charge in [0.25, 0.3) is 5.91 Å². The Morgan fingerprint density at radius 3 is 2.51 bits per heavy atom. The minimum absolute atomic E-state index is 0.112. The molecule has 3 amide bonds. The van der Waals surface area contributed by atoms with Gasteiger partial charge in [-0.1, -0.05) is 6.07 Å². The van der Waals surface area contributed by atoms with Gasteiger partial charge >= 0.3 is 6.18 Å². The first-order chi connectivity index (χ1) is 16.5. The van der Waals surface area contributed by atoms with Gasteiger partial charge in [-0.05, 0) is 42.3 Å². The number of carbonyl (C=O) groups excluding carboxylic acids is 3. The molecule has 0 saturated carbocycles. The number of aryl methyl sites for hydroxylation is 1. The van der Waals surface area contributed by atoms with Crippen molar-refractivity contribution in [2.24, 2.45) is 7.05 Å². The molecule has 1 saturated heterocycles. The molecule has 0 bridgehead atoms. The summed E-state index contributed by atoms with van der Waals surface area (Å²) in [4.78, 5) is 42.3. The predicted octanol–water partition coefficient (Wildman–Crippen LogP) is 3.67. The number of imidazole rings is 1. The van der Waals surface area contributed by atoms with Crippen molar-refractivity contribution in [3.05, 3.63) is 65.2 Å². The Labute approximate surface area is 196 Å². The largest absolute Gasteiger partial charge is 0.417 e. The summed E-state index contributed by atoms with van der Waals surface area (Å²) in [5.74, 6) is -2.29. The number of carbonyl (C=O) groups is 3. The normalized spacial score (nSPS) is 18.1. The van der Waals surface area contributed by atoms with Gasteiger partial charge in [-0.3, -0.25) is 19.7 Å². The summed E-state index contributed by atoms with van der Waals surface area (Å²) in [7, 11) is 1.54. The summed E-state index contributed by atoms with van der Waals surface area (Å²) < 4.78 is 56.2. The molecule has 1 aromatic heterocycles. The molecule has 0 radical (unpaired) electrons. The van der Waals surface area contributed by atoms with Crippen LogP contribution in [0.4, 0.5) is 17.6 Å². The lowest BCUT2D eigenvalue weighted by Gasteiger charge is -2.29. The summed E-state index contributed by atoms with van der Waals surface area (Å²) >= 11 is 0. The number of rotatable bonds is 3.